The molecule has 1 saturated heterocycles. The quantitative estimate of drug-likeness (QED) is 0.722. The molecule has 1 aromatic carbocycles. The Balaban J connectivity index is 2.19. The molecule has 0 bridgehead atoms. The van der Waals surface area contributed by atoms with Crippen LogP contribution in [0.25, 0.3) is 0 Å². The summed E-state index contributed by atoms with van der Waals surface area (Å²) in [4.78, 5) is 24.1. The van der Waals surface area contributed by atoms with E-state index in [1.807, 2.05) is 6.07 Å². The Labute approximate surface area is 87.1 Å². The Morgan fingerprint density at radius 1 is 1.33 bits per heavy atom. The zero-order valence-electron chi connectivity index (χ0n) is 8.09. The van der Waals surface area contributed by atoms with Crippen LogP contribution in [0.2, 0.25) is 0 Å². The molecular weight excluding hydrogens is 194 g/mol. The molecule has 4 nitrogen and oxygen atoms in total. The molecule has 1 amide bonds. The number of hydrogen-bond acceptors (Lipinski definition) is 3. The first-order chi connectivity index (χ1) is 7.20. The van der Waals surface area contributed by atoms with Crippen LogP contribution in [0.1, 0.15) is 16.8 Å². The fourth-order valence-electron chi connectivity index (χ4n) is 1.62. The highest BCUT2D eigenvalue weighted by Crippen LogP contribution is 2.15. The average molecular weight is 205 g/mol. The van der Waals surface area contributed by atoms with Crippen molar-refractivity contribution in [2.24, 2.45) is 0 Å². The first-order valence-electron chi connectivity index (χ1n) is 4.77. The largest absolute Gasteiger partial charge is 0.367 e. The molecule has 78 valence electrons. The molecular formula is C11H11NO3. The number of ketones is 1. The Bertz CT molecular complexity index is 388. The van der Waals surface area contributed by atoms with E-state index in [2.05, 4.69) is 0 Å². The number of amides is 1. The van der Waals surface area contributed by atoms with Gasteiger partial charge in [-0.3, -0.25) is 9.59 Å². The van der Waals surface area contributed by atoms with E-state index in [1.54, 1.807) is 24.3 Å². The summed E-state index contributed by atoms with van der Waals surface area (Å²) in [5.74, 6) is -0.590. The van der Waals surface area contributed by atoms with Crippen LogP contribution in [0.3, 0.4) is 0 Å². The average Bonchev–Trinajstić information content (AvgIpc) is 2.60. The van der Waals surface area contributed by atoms with Gasteiger partial charge < -0.3 is 10.0 Å². The van der Waals surface area contributed by atoms with Gasteiger partial charge in [-0.1, -0.05) is 18.2 Å². The van der Waals surface area contributed by atoms with Crippen molar-refractivity contribution in [3.8, 4) is 0 Å². The molecule has 0 aromatic heterocycles. The number of likely N-dealkylation sites (tertiary alicyclic amines) is 1. The lowest BCUT2D eigenvalue weighted by Gasteiger charge is -2.18. The van der Waals surface area contributed by atoms with Crippen LogP contribution in [0, 0.1) is 0 Å². The highest BCUT2D eigenvalue weighted by atomic mass is 16.3. The normalized spacial score (nSPS) is 20.7. The van der Waals surface area contributed by atoms with Gasteiger partial charge in [0.2, 0.25) is 0 Å². The van der Waals surface area contributed by atoms with Crippen molar-refractivity contribution in [1.29, 1.82) is 0 Å². The number of nitrogens with zero attached hydrogens (tertiary/aromatic N) is 1. The van der Waals surface area contributed by atoms with Crippen LogP contribution in [0.5, 0.6) is 0 Å². The zero-order valence-corrected chi connectivity index (χ0v) is 8.09. The van der Waals surface area contributed by atoms with Crippen molar-refractivity contribution in [2.75, 3.05) is 6.54 Å². The monoisotopic (exact) mass is 205 g/mol. The zero-order chi connectivity index (χ0) is 10.8. The summed E-state index contributed by atoms with van der Waals surface area (Å²) in [6.45, 7) is 0.299. The first-order valence-corrected chi connectivity index (χ1v) is 4.77. The number of hydrogen-bond donors (Lipinski definition) is 1. The van der Waals surface area contributed by atoms with Gasteiger partial charge in [-0.05, 0) is 12.1 Å². The van der Waals surface area contributed by atoms with E-state index in [4.69, 9.17) is 0 Å². The number of aliphatic hydroxyl groups is 1. The molecule has 4 heteroatoms. The molecule has 2 rings (SSSR count). The minimum absolute atomic E-state index is 0.236. The molecule has 0 saturated carbocycles. The van der Waals surface area contributed by atoms with Crippen molar-refractivity contribution in [2.45, 2.75) is 12.6 Å². The molecule has 0 aliphatic carbocycles. The van der Waals surface area contributed by atoms with Crippen LogP contribution in [-0.2, 0) is 4.79 Å². The standard InChI is InChI=1S/C11H11NO3/c13-9-6-7-12(11(9)15)10(14)8-4-2-1-3-5-8/h1-5,11,15H,6-7H2/t11-/m1/s1. The third-order valence-electron chi connectivity index (χ3n) is 2.46. The van der Waals surface area contributed by atoms with Crippen molar-refractivity contribution < 1.29 is 14.7 Å². The van der Waals surface area contributed by atoms with Gasteiger partial charge >= 0.3 is 0 Å². The maximum Gasteiger partial charge on any atom is 0.256 e. The molecule has 1 heterocycles. The number of Topliss-reactive ketones (excluding diaryl/α,β-unsaturated/α-hetero) is 1. The SMILES string of the molecule is O=C1CCN(C(=O)c2ccccc2)[C@@H]1O. The Morgan fingerprint density at radius 3 is 2.53 bits per heavy atom. The van der Waals surface area contributed by atoms with E-state index in [9.17, 15) is 14.7 Å². The van der Waals surface area contributed by atoms with Gasteiger partial charge in [-0.25, -0.2) is 0 Å². The summed E-state index contributed by atoms with van der Waals surface area (Å²) < 4.78 is 0. The van der Waals surface area contributed by atoms with Crippen molar-refractivity contribution in [1.82, 2.24) is 4.90 Å². The topological polar surface area (TPSA) is 57.6 Å². The Hall–Kier alpha value is -1.68. The van der Waals surface area contributed by atoms with Gasteiger partial charge in [0.25, 0.3) is 5.91 Å². The second kappa shape index (κ2) is 3.82. The molecule has 15 heavy (non-hydrogen) atoms. The Kier molecular flexibility index (Phi) is 2.51. The summed E-state index contributed by atoms with van der Waals surface area (Å²) in [6, 6.07) is 8.63. The predicted octanol–water partition coefficient (Wildman–Crippen LogP) is 0.420. The lowest BCUT2D eigenvalue weighted by atomic mass is 10.2. The van der Waals surface area contributed by atoms with Crippen LogP contribution < -0.4 is 0 Å². The second-order valence-corrected chi connectivity index (χ2v) is 3.45. The van der Waals surface area contributed by atoms with Crippen molar-refractivity contribution >= 4 is 11.7 Å². The van der Waals surface area contributed by atoms with Gasteiger partial charge in [0.1, 0.15) is 0 Å². The summed E-state index contributed by atoms with van der Waals surface area (Å²) in [5, 5.41) is 9.44. The summed E-state index contributed by atoms with van der Waals surface area (Å²) in [7, 11) is 0. The third kappa shape index (κ3) is 1.76. The van der Waals surface area contributed by atoms with E-state index >= 15 is 0 Å². The number of carbonyl (C=O) groups excluding carboxylic acids is 2. The molecule has 0 radical (unpaired) electrons. The number of rotatable bonds is 1. The fraction of sp³-hybridized carbons (Fsp3) is 0.273. The van der Waals surface area contributed by atoms with Crippen LogP contribution in [0.15, 0.2) is 30.3 Å². The van der Waals surface area contributed by atoms with E-state index in [-0.39, 0.29) is 18.1 Å². The van der Waals surface area contributed by atoms with E-state index in [0.29, 0.717) is 12.1 Å². The smallest absolute Gasteiger partial charge is 0.256 e. The van der Waals surface area contributed by atoms with E-state index in [0.717, 1.165) is 0 Å². The molecule has 1 aromatic rings. The van der Waals surface area contributed by atoms with Crippen molar-refractivity contribution in [3.63, 3.8) is 0 Å². The van der Waals surface area contributed by atoms with Crippen LogP contribution >= 0.6 is 0 Å². The van der Waals surface area contributed by atoms with Gasteiger partial charge in [-0.2, -0.15) is 0 Å². The van der Waals surface area contributed by atoms with Gasteiger partial charge in [0, 0.05) is 18.5 Å². The van der Waals surface area contributed by atoms with Crippen LogP contribution in [-0.4, -0.2) is 34.5 Å². The molecule has 0 unspecified atom stereocenters. The van der Waals surface area contributed by atoms with Crippen LogP contribution in [0.4, 0.5) is 0 Å². The predicted molar refractivity (Wildman–Crippen MR) is 53.1 cm³/mol. The maximum absolute atomic E-state index is 11.8. The lowest BCUT2D eigenvalue weighted by Crippen LogP contribution is -2.37. The molecule has 1 fully saturated rings. The molecule has 1 aliphatic rings. The first kappa shape index (κ1) is 9.86. The van der Waals surface area contributed by atoms with Crippen molar-refractivity contribution in [3.05, 3.63) is 35.9 Å². The highest BCUT2D eigenvalue weighted by Gasteiger charge is 2.34. The third-order valence-corrected chi connectivity index (χ3v) is 2.46. The second-order valence-electron chi connectivity index (χ2n) is 3.45. The van der Waals surface area contributed by atoms with E-state index < -0.39 is 6.23 Å². The highest BCUT2D eigenvalue weighted by molar-refractivity contribution is 5.99. The summed E-state index contributed by atoms with van der Waals surface area (Å²) in [5.41, 5.74) is 0.492. The number of benzene rings is 1. The number of aliphatic hydroxyl groups excluding tert-OH is 1. The minimum Gasteiger partial charge on any atom is -0.367 e. The summed E-state index contributed by atoms with van der Waals surface area (Å²) >= 11 is 0. The van der Waals surface area contributed by atoms with E-state index in [1.165, 1.54) is 4.90 Å². The molecule has 1 N–H and O–H groups in total. The maximum atomic E-state index is 11.8. The minimum atomic E-state index is -1.27. The fourth-order valence-corrected chi connectivity index (χ4v) is 1.62. The van der Waals surface area contributed by atoms with Gasteiger partial charge in [0.15, 0.2) is 12.0 Å². The van der Waals surface area contributed by atoms with Gasteiger partial charge in [-0.15, -0.1) is 0 Å². The molecule has 0 spiro atoms. The molecule has 1 aliphatic heterocycles. The van der Waals surface area contributed by atoms with Gasteiger partial charge in [0.05, 0.1) is 0 Å². The number of carbonyl (C=O) groups is 2. The Morgan fingerprint density at radius 2 is 2.00 bits per heavy atom. The summed E-state index contributed by atoms with van der Waals surface area (Å²) in [6.07, 6.45) is -1.03. The lowest BCUT2D eigenvalue weighted by molar-refractivity contribution is -0.128. The molecule has 1 atom stereocenters.